The zero-order valence-corrected chi connectivity index (χ0v) is 13.6. The molecule has 0 bridgehead atoms. The van der Waals surface area contributed by atoms with Crippen molar-refractivity contribution in [1.82, 2.24) is 14.9 Å². The first kappa shape index (κ1) is 15.5. The lowest BCUT2D eigenvalue weighted by atomic mass is 9.87. The number of anilines is 1. The third-order valence-electron chi connectivity index (χ3n) is 4.36. The summed E-state index contributed by atoms with van der Waals surface area (Å²) < 4.78 is 0. The highest BCUT2D eigenvalue weighted by Gasteiger charge is 2.27. The third-order valence-corrected chi connectivity index (χ3v) is 4.36. The molecule has 0 aliphatic heterocycles. The van der Waals surface area contributed by atoms with Crippen molar-refractivity contribution in [2.45, 2.75) is 32.2 Å². The van der Waals surface area contributed by atoms with Gasteiger partial charge in [-0.15, -0.1) is 0 Å². The maximum Gasteiger partial charge on any atom is 0.257 e. The van der Waals surface area contributed by atoms with Gasteiger partial charge in [0.15, 0.2) is 0 Å². The number of nitrogens with zero attached hydrogens (tertiary/aromatic N) is 3. The van der Waals surface area contributed by atoms with Crippen molar-refractivity contribution in [3.63, 3.8) is 0 Å². The first-order valence-corrected chi connectivity index (χ1v) is 8.11. The van der Waals surface area contributed by atoms with Crippen LogP contribution in [0.3, 0.4) is 0 Å². The van der Waals surface area contributed by atoms with Crippen LogP contribution in [0.2, 0.25) is 0 Å². The van der Waals surface area contributed by atoms with Gasteiger partial charge >= 0.3 is 0 Å². The van der Waals surface area contributed by atoms with Crippen LogP contribution in [0.5, 0.6) is 0 Å². The first-order chi connectivity index (χ1) is 11.2. The molecule has 0 unspecified atom stereocenters. The Balaban J connectivity index is 1.80. The van der Waals surface area contributed by atoms with Gasteiger partial charge in [-0.3, -0.25) is 4.79 Å². The van der Waals surface area contributed by atoms with Crippen molar-refractivity contribution in [2.24, 2.45) is 0 Å². The van der Waals surface area contributed by atoms with Crippen LogP contribution in [-0.4, -0.2) is 34.4 Å². The highest BCUT2D eigenvalue weighted by Crippen LogP contribution is 2.34. The molecule has 1 atom stereocenters. The maximum atomic E-state index is 12.7. The second-order valence-electron chi connectivity index (χ2n) is 5.85. The molecule has 0 fully saturated rings. The number of fused-ring (bicyclic) bond motifs is 1. The quantitative estimate of drug-likeness (QED) is 0.943. The number of benzene rings is 1. The topological polar surface area (TPSA) is 58.1 Å². The van der Waals surface area contributed by atoms with E-state index in [0.717, 1.165) is 25.8 Å². The Bertz CT molecular complexity index is 684. The van der Waals surface area contributed by atoms with Crippen molar-refractivity contribution in [3.05, 3.63) is 53.3 Å². The van der Waals surface area contributed by atoms with E-state index in [0.29, 0.717) is 11.5 Å². The van der Waals surface area contributed by atoms with E-state index in [1.165, 1.54) is 11.1 Å². The maximum absolute atomic E-state index is 12.7. The van der Waals surface area contributed by atoms with Crippen LogP contribution in [0.25, 0.3) is 0 Å². The fraction of sp³-hybridized carbons (Fsp3) is 0.389. The second-order valence-corrected chi connectivity index (χ2v) is 5.85. The molecule has 23 heavy (non-hydrogen) atoms. The molecular weight excluding hydrogens is 288 g/mol. The van der Waals surface area contributed by atoms with Crippen LogP contribution < -0.4 is 5.32 Å². The van der Waals surface area contributed by atoms with Crippen LogP contribution in [-0.2, 0) is 6.42 Å². The Hall–Kier alpha value is -2.43. The van der Waals surface area contributed by atoms with Gasteiger partial charge in [0, 0.05) is 26.0 Å². The van der Waals surface area contributed by atoms with Gasteiger partial charge in [-0.1, -0.05) is 24.3 Å². The predicted octanol–water partition coefficient (Wildman–Crippen LogP) is 3.06. The minimum absolute atomic E-state index is 0.0326. The van der Waals surface area contributed by atoms with E-state index >= 15 is 0 Å². The highest BCUT2D eigenvalue weighted by atomic mass is 16.2. The van der Waals surface area contributed by atoms with Gasteiger partial charge in [-0.05, 0) is 37.3 Å². The molecule has 0 spiro atoms. The molecule has 1 aromatic heterocycles. The van der Waals surface area contributed by atoms with Crippen LogP contribution in [0.1, 0.15) is 47.3 Å². The van der Waals surface area contributed by atoms with E-state index in [2.05, 4.69) is 33.5 Å². The van der Waals surface area contributed by atoms with Crippen LogP contribution >= 0.6 is 0 Å². The lowest BCUT2D eigenvalue weighted by molar-refractivity contribution is 0.0714. The molecule has 1 heterocycles. The Morgan fingerprint density at radius 3 is 2.78 bits per heavy atom. The number of rotatable bonds is 4. The van der Waals surface area contributed by atoms with Gasteiger partial charge in [0.05, 0.1) is 11.6 Å². The molecule has 1 aliphatic carbocycles. The summed E-state index contributed by atoms with van der Waals surface area (Å²) >= 11 is 0. The number of carbonyl (C=O) groups excluding carboxylic acids is 1. The zero-order chi connectivity index (χ0) is 16.2. The molecule has 1 amide bonds. The van der Waals surface area contributed by atoms with Crippen LogP contribution in [0.15, 0.2) is 36.7 Å². The average molecular weight is 310 g/mol. The van der Waals surface area contributed by atoms with Gasteiger partial charge in [-0.25, -0.2) is 9.97 Å². The van der Waals surface area contributed by atoms with E-state index < -0.39 is 0 Å². The number of nitrogens with one attached hydrogen (secondary N) is 1. The van der Waals surface area contributed by atoms with E-state index in [1.807, 2.05) is 24.9 Å². The zero-order valence-electron chi connectivity index (χ0n) is 13.6. The molecule has 5 heteroatoms. The smallest absolute Gasteiger partial charge is 0.257 e. The molecule has 1 N–H and O–H groups in total. The largest absolute Gasteiger partial charge is 0.355 e. The summed E-state index contributed by atoms with van der Waals surface area (Å²) in [6.07, 6.45) is 6.39. The van der Waals surface area contributed by atoms with Crippen molar-refractivity contribution in [3.8, 4) is 0 Å². The molecule has 5 nitrogen and oxygen atoms in total. The second kappa shape index (κ2) is 6.77. The Labute approximate surface area is 136 Å². The van der Waals surface area contributed by atoms with Gasteiger partial charge in [0.25, 0.3) is 5.91 Å². The molecule has 0 radical (unpaired) electrons. The fourth-order valence-corrected chi connectivity index (χ4v) is 3.16. The summed E-state index contributed by atoms with van der Waals surface area (Å²) in [6, 6.07) is 8.53. The summed E-state index contributed by atoms with van der Waals surface area (Å²) in [5.41, 5.74) is 3.14. The molecule has 0 saturated carbocycles. The molecule has 120 valence electrons. The fourth-order valence-electron chi connectivity index (χ4n) is 3.16. The number of hydrogen-bond acceptors (Lipinski definition) is 4. The number of hydrogen-bond donors (Lipinski definition) is 1. The van der Waals surface area contributed by atoms with Crippen molar-refractivity contribution < 1.29 is 4.79 Å². The minimum Gasteiger partial charge on any atom is -0.355 e. The Kier molecular flexibility index (Phi) is 4.55. The summed E-state index contributed by atoms with van der Waals surface area (Å²) in [4.78, 5) is 23.0. The predicted molar refractivity (Wildman–Crippen MR) is 90.4 cm³/mol. The first-order valence-electron chi connectivity index (χ1n) is 8.11. The lowest BCUT2D eigenvalue weighted by Crippen LogP contribution is -2.33. The van der Waals surface area contributed by atoms with Crippen LogP contribution in [0.4, 0.5) is 5.95 Å². The van der Waals surface area contributed by atoms with Gasteiger partial charge < -0.3 is 10.2 Å². The Morgan fingerprint density at radius 1 is 1.30 bits per heavy atom. The molecule has 2 aromatic rings. The minimum atomic E-state index is -0.0326. The Morgan fingerprint density at radius 2 is 2.04 bits per heavy atom. The lowest BCUT2D eigenvalue weighted by Gasteiger charge is -2.33. The van der Waals surface area contributed by atoms with Crippen molar-refractivity contribution in [1.29, 1.82) is 0 Å². The van der Waals surface area contributed by atoms with E-state index in [-0.39, 0.29) is 11.9 Å². The average Bonchev–Trinajstić information content (AvgIpc) is 2.61. The summed E-state index contributed by atoms with van der Waals surface area (Å²) in [5.74, 6) is 0.518. The number of carbonyl (C=O) groups is 1. The molecule has 1 aromatic carbocycles. The van der Waals surface area contributed by atoms with Crippen LogP contribution in [0, 0.1) is 0 Å². The van der Waals surface area contributed by atoms with Gasteiger partial charge in [0.2, 0.25) is 5.95 Å². The number of aryl methyl sites for hydroxylation is 1. The molecule has 0 saturated heterocycles. The van der Waals surface area contributed by atoms with Gasteiger partial charge in [-0.2, -0.15) is 0 Å². The summed E-state index contributed by atoms with van der Waals surface area (Å²) in [5, 5.41) is 3.03. The van der Waals surface area contributed by atoms with Crippen molar-refractivity contribution in [2.75, 3.05) is 18.9 Å². The molecule has 1 aliphatic rings. The SMILES string of the molecule is CCNc1ncc(C(=O)N(C)[C@H]2CCCc3ccccc32)cn1. The third kappa shape index (κ3) is 3.18. The number of amides is 1. The summed E-state index contributed by atoms with van der Waals surface area (Å²) in [6.45, 7) is 2.74. The van der Waals surface area contributed by atoms with Gasteiger partial charge in [0.1, 0.15) is 0 Å². The van der Waals surface area contributed by atoms with E-state index in [9.17, 15) is 4.79 Å². The normalized spacial score (nSPS) is 16.5. The standard InChI is InChI=1S/C18H22N4O/c1-3-19-18-20-11-14(12-21-18)17(23)22(2)16-10-6-8-13-7-4-5-9-15(13)16/h4-5,7,9,11-12,16H,3,6,8,10H2,1-2H3,(H,19,20,21)/t16-/m0/s1. The van der Waals surface area contributed by atoms with Crippen molar-refractivity contribution >= 4 is 11.9 Å². The summed E-state index contributed by atoms with van der Waals surface area (Å²) in [7, 11) is 1.87. The monoisotopic (exact) mass is 310 g/mol. The molecule has 3 rings (SSSR count). The number of aromatic nitrogens is 2. The van der Waals surface area contributed by atoms with E-state index in [1.54, 1.807) is 12.4 Å². The molecular formula is C18H22N4O. The highest BCUT2D eigenvalue weighted by molar-refractivity contribution is 5.93. The van der Waals surface area contributed by atoms with E-state index in [4.69, 9.17) is 0 Å².